The van der Waals surface area contributed by atoms with E-state index in [1.807, 2.05) is 6.92 Å². The summed E-state index contributed by atoms with van der Waals surface area (Å²) >= 11 is 1.69. The van der Waals surface area contributed by atoms with Crippen LogP contribution >= 0.6 is 11.3 Å². The Hall–Kier alpha value is -1.39. The van der Waals surface area contributed by atoms with Crippen molar-refractivity contribution >= 4 is 11.3 Å². The number of hydrogen-bond donors (Lipinski definition) is 1. The molecule has 1 aliphatic heterocycles. The first-order valence-corrected chi connectivity index (χ1v) is 8.48. The number of hydrogen-bond acceptors (Lipinski definition) is 4. The van der Waals surface area contributed by atoms with Gasteiger partial charge < -0.3 is 10.1 Å². The molecule has 1 aromatic carbocycles. The Balaban J connectivity index is 1.90. The summed E-state index contributed by atoms with van der Waals surface area (Å²) < 4.78 is 6.20. The lowest BCUT2D eigenvalue weighted by molar-refractivity contribution is 0.148. The zero-order valence-electron chi connectivity index (χ0n) is 12.8. The third kappa shape index (κ3) is 3.11. The van der Waals surface area contributed by atoms with Gasteiger partial charge in [0.1, 0.15) is 11.9 Å². The molecule has 1 N–H and O–H groups in total. The van der Waals surface area contributed by atoms with Gasteiger partial charge in [0.2, 0.25) is 0 Å². The zero-order chi connectivity index (χ0) is 14.8. The number of ether oxygens (including phenoxy) is 1. The second-order valence-electron chi connectivity index (χ2n) is 5.68. The van der Waals surface area contributed by atoms with Gasteiger partial charge in [-0.2, -0.15) is 0 Å². The number of aryl methyl sites for hydroxylation is 2. The molecule has 0 saturated heterocycles. The van der Waals surface area contributed by atoms with Crippen molar-refractivity contribution in [2.75, 3.05) is 6.54 Å². The van der Waals surface area contributed by atoms with Crippen LogP contribution in [0.3, 0.4) is 0 Å². The van der Waals surface area contributed by atoms with Crippen LogP contribution in [0.1, 0.15) is 53.7 Å². The van der Waals surface area contributed by atoms with Gasteiger partial charge in [-0.15, -0.1) is 11.3 Å². The average Bonchev–Trinajstić information content (AvgIpc) is 2.91. The molecule has 21 heavy (non-hydrogen) atoms. The molecule has 2 unspecified atom stereocenters. The fourth-order valence-corrected chi connectivity index (χ4v) is 3.46. The van der Waals surface area contributed by atoms with E-state index in [0.29, 0.717) is 6.04 Å². The molecule has 3 rings (SSSR count). The van der Waals surface area contributed by atoms with Gasteiger partial charge in [-0.05, 0) is 32.9 Å². The molecule has 2 atom stereocenters. The van der Waals surface area contributed by atoms with Gasteiger partial charge in [0, 0.05) is 23.4 Å². The second-order valence-corrected chi connectivity index (χ2v) is 6.74. The van der Waals surface area contributed by atoms with E-state index in [0.717, 1.165) is 35.8 Å². The van der Waals surface area contributed by atoms with E-state index in [1.165, 1.54) is 11.1 Å². The highest BCUT2D eigenvalue weighted by atomic mass is 32.1. The summed E-state index contributed by atoms with van der Waals surface area (Å²) in [4.78, 5) is 4.61. The van der Waals surface area contributed by atoms with Crippen LogP contribution in [-0.2, 0) is 0 Å². The lowest BCUT2D eigenvalue weighted by Gasteiger charge is -2.32. The van der Waals surface area contributed by atoms with Crippen LogP contribution in [0, 0.1) is 13.8 Å². The summed E-state index contributed by atoms with van der Waals surface area (Å²) in [6.07, 6.45) is 2.14. The standard InChI is InChI=1S/C17H22N2OS/c1-4-7-18-14-9-17(15-10-21-12(3)19-15)20-16-6-5-11(2)8-13(14)16/h5-6,8,10,14,17-18H,4,7,9H2,1-3H3. The van der Waals surface area contributed by atoms with E-state index in [2.05, 4.69) is 47.7 Å². The first-order chi connectivity index (χ1) is 10.2. The largest absolute Gasteiger partial charge is 0.484 e. The Bertz CT molecular complexity index is 623. The Morgan fingerprint density at radius 2 is 2.24 bits per heavy atom. The molecular formula is C17H22N2OS. The monoisotopic (exact) mass is 302 g/mol. The maximum absolute atomic E-state index is 6.20. The summed E-state index contributed by atoms with van der Waals surface area (Å²) in [5, 5.41) is 6.88. The lowest BCUT2D eigenvalue weighted by Crippen LogP contribution is -2.29. The van der Waals surface area contributed by atoms with Gasteiger partial charge in [0.05, 0.1) is 10.7 Å². The summed E-state index contributed by atoms with van der Waals surface area (Å²) in [6, 6.07) is 6.80. The molecule has 0 aliphatic carbocycles. The van der Waals surface area contributed by atoms with Gasteiger partial charge in [0.25, 0.3) is 0 Å². The smallest absolute Gasteiger partial charge is 0.143 e. The maximum Gasteiger partial charge on any atom is 0.143 e. The molecule has 3 nitrogen and oxygen atoms in total. The zero-order valence-corrected chi connectivity index (χ0v) is 13.7. The Morgan fingerprint density at radius 3 is 2.95 bits per heavy atom. The van der Waals surface area contributed by atoms with Gasteiger partial charge in [-0.25, -0.2) is 4.98 Å². The predicted molar refractivity (Wildman–Crippen MR) is 87.1 cm³/mol. The number of fused-ring (bicyclic) bond motifs is 1. The van der Waals surface area contributed by atoms with Gasteiger partial charge in [0.15, 0.2) is 0 Å². The number of rotatable bonds is 4. The van der Waals surface area contributed by atoms with E-state index in [4.69, 9.17) is 4.74 Å². The van der Waals surface area contributed by atoms with Crippen LogP contribution < -0.4 is 10.1 Å². The first-order valence-electron chi connectivity index (χ1n) is 7.60. The van der Waals surface area contributed by atoms with Gasteiger partial charge in [-0.3, -0.25) is 0 Å². The van der Waals surface area contributed by atoms with Crippen molar-refractivity contribution < 1.29 is 4.74 Å². The molecule has 0 spiro atoms. The highest BCUT2D eigenvalue weighted by Crippen LogP contribution is 2.41. The third-order valence-electron chi connectivity index (χ3n) is 3.87. The molecule has 1 aromatic heterocycles. The van der Waals surface area contributed by atoms with Gasteiger partial charge >= 0.3 is 0 Å². The minimum atomic E-state index is 0.0551. The van der Waals surface area contributed by atoms with Crippen LogP contribution in [0.5, 0.6) is 5.75 Å². The fraction of sp³-hybridized carbons (Fsp3) is 0.471. The SMILES string of the molecule is CCCNC1CC(c2csc(C)n2)Oc2ccc(C)cc21. The number of aromatic nitrogens is 1. The van der Waals surface area contributed by atoms with E-state index >= 15 is 0 Å². The molecule has 0 fully saturated rings. The van der Waals surface area contributed by atoms with Crippen molar-refractivity contribution in [1.29, 1.82) is 0 Å². The highest BCUT2D eigenvalue weighted by molar-refractivity contribution is 7.09. The summed E-state index contributed by atoms with van der Waals surface area (Å²) in [7, 11) is 0. The molecule has 0 radical (unpaired) electrons. The molecule has 2 heterocycles. The molecule has 2 aromatic rings. The second kappa shape index (κ2) is 6.16. The summed E-state index contributed by atoms with van der Waals surface area (Å²) in [6.45, 7) is 7.40. The van der Waals surface area contributed by atoms with E-state index in [-0.39, 0.29) is 6.10 Å². The Morgan fingerprint density at radius 1 is 1.38 bits per heavy atom. The quantitative estimate of drug-likeness (QED) is 0.913. The molecule has 0 saturated carbocycles. The van der Waals surface area contributed by atoms with Crippen molar-refractivity contribution in [3.05, 3.63) is 45.4 Å². The summed E-state index contributed by atoms with van der Waals surface area (Å²) in [5.41, 5.74) is 3.63. The average molecular weight is 302 g/mol. The van der Waals surface area contributed by atoms with Crippen molar-refractivity contribution in [2.45, 2.75) is 45.8 Å². The number of nitrogens with zero attached hydrogens (tertiary/aromatic N) is 1. The molecule has 1 aliphatic rings. The molecule has 0 bridgehead atoms. The van der Waals surface area contributed by atoms with Crippen molar-refractivity contribution in [1.82, 2.24) is 10.3 Å². The number of benzene rings is 1. The molecule has 4 heteroatoms. The number of thiazole rings is 1. The molecule has 112 valence electrons. The van der Waals surface area contributed by atoms with Crippen molar-refractivity contribution in [2.24, 2.45) is 0 Å². The minimum absolute atomic E-state index is 0.0551. The normalized spacial score (nSPS) is 20.9. The molecular weight excluding hydrogens is 280 g/mol. The van der Waals surface area contributed by atoms with E-state index in [9.17, 15) is 0 Å². The van der Waals surface area contributed by atoms with Gasteiger partial charge in [-0.1, -0.05) is 24.6 Å². The third-order valence-corrected chi connectivity index (χ3v) is 4.66. The van der Waals surface area contributed by atoms with Crippen molar-refractivity contribution in [3.8, 4) is 5.75 Å². The van der Waals surface area contributed by atoms with Crippen LogP contribution in [0.15, 0.2) is 23.6 Å². The van der Waals surface area contributed by atoms with Crippen LogP contribution in [-0.4, -0.2) is 11.5 Å². The topological polar surface area (TPSA) is 34.2 Å². The van der Waals surface area contributed by atoms with Crippen LogP contribution in [0.25, 0.3) is 0 Å². The summed E-state index contributed by atoms with van der Waals surface area (Å²) in [5.74, 6) is 0.996. The van der Waals surface area contributed by atoms with Crippen molar-refractivity contribution in [3.63, 3.8) is 0 Å². The first kappa shape index (κ1) is 14.5. The number of nitrogens with one attached hydrogen (secondary N) is 1. The maximum atomic E-state index is 6.20. The molecule has 0 amide bonds. The van der Waals surface area contributed by atoms with Crippen LogP contribution in [0.4, 0.5) is 0 Å². The predicted octanol–water partition coefficient (Wildman–Crippen LogP) is 4.32. The Kier molecular flexibility index (Phi) is 4.27. The van der Waals surface area contributed by atoms with E-state index in [1.54, 1.807) is 11.3 Å². The lowest BCUT2D eigenvalue weighted by atomic mass is 9.94. The fourth-order valence-electron chi connectivity index (χ4n) is 2.81. The Labute approximate surface area is 130 Å². The van der Waals surface area contributed by atoms with Crippen LogP contribution in [0.2, 0.25) is 0 Å². The van der Waals surface area contributed by atoms with E-state index < -0.39 is 0 Å². The highest BCUT2D eigenvalue weighted by Gasteiger charge is 2.30. The minimum Gasteiger partial charge on any atom is -0.484 e.